The molecule has 0 fully saturated rings. The number of rotatable bonds is 52. The monoisotopic (exact) mass is 994 g/mol. The predicted octanol–water partition coefficient (Wildman–Crippen LogP) is 15.5. The molecule has 0 aliphatic rings. The van der Waals surface area contributed by atoms with Gasteiger partial charge in [-0.15, -0.1) is 0 Å². The van der Waals surface area contributed by atoms with Gasteiger partial charge >= 0.3 is 11.9 Å². The van der Waals surface area contributed by atoms with E-state index < -0.39 is 24.3 Å². The fourth-order valence-corrected chi connectivity index (χ4v) is 7.75. The molecule has 0 saturated carbocycles. The molecule has 71 heavy (non-hydrogen) atoms. The molecule has 0 aromatic rings. The van der Waals surface area contributed by atoms with Crippen LogP contribution in [0.2, 0.25) is 0 Å². The first-order valence-electron chi connectivity index (χ1n) is 28.7. The number of ether oxygens (including phenoxy) is 4. The Morgan fingerprint density at radius 1 is 0.437 bits per heavy atom. The van der Waals surface area contributed by atoms with Gasteiger partial charge in [0.25, 0.3) is 0 Å². The van der Waals surface area contributed by atoms with E-state index in [1.54, 1.807) is 0 Å². The number of esters is 2. The summed E-state index contributed by atoms with van der Waals surface area (Å²) in [5, 5.41) is 11.7. The normalized spacial score (nSPS) is 13.4. The zero-order valence-electron chi connectivity index (χ0n) is 46.3. The summed E-state index contributed by atoms with van der Waals surface area (Å²) in [6.45, 7) is 4.63. The van der Waals surface area contributed by atoms with Crippen molar-refractivity contribution >= 4 is 17.9 Å². The Hall–Kier alpha value is -3.53. The molecular weight excluding hydrogens is 887 g/mol. The largest absolute Gasteiger partial charge is 0.545 e. The molecule has 2 unspecified atom stereocenters. The molecular formula is C62H107NO8. The molecule has 0 aromatic heterocycles. The number of allylic oxidation sites excluding steroid dienone is 14. The zero-order chi connectivity index (χ0) is 52.0. The molecule has 0 N–H and O–H groups in total. The fourth-order valence-electron chi connectivity index (χ4n) is 7.75. The van der Waals surface area contributed by atoms with Gasteiger partial charge in [0.1, 0.15) is 13.2 Å². The zero-order valence-corrected chi connectivity index (χ0v) is 46.3. The van der Waals surface area contributed by atoms with Crippen LogP contribution in [0.4, 0.5) is 0 Å². The van der Waals surface area contributed by atoms with Crippen LogP contribution in [0, 0.1) is 0 Å². The molecule has 0 spiro atoms. The van der Waals surface area contributed by atoms with Crippen molar-refractivity contribution in [1.82, 2.24) is 0 Å². The summed E-state index contributed by atoms with van der Waals surface area (Å²) in [6, 6.07) is 0. The summed E-state index contributed by atoms with van der Waals surface area (Å²) in [5.74, 6) is -2.29. The average molecular weight is 995 g/mol. The molecule has 0 saturated heterocycles. The van der Waals surface area contributed by atoms with E-state index in [-0.39, 0.29) is 32.2 Å². The van der Waals surface area contributed by atoms with Crippen molar-refractivity contribution in [2.24, 2.45) is 0 Å². The molecule has 408 valence electrons. The Bertz CT molecular complexity index is 1440. The lowest BCUT2D eigenvalue weighted by atomic mass is 10.0. The van der Waals surface area contributed by atoms with Gasteiger partial charge in [-0.05, 0) is 70.6 Å². The van der Waals surface area contributed by atoms with E-state index >= 15 is 0 Å². The highest BCUT2D eigenvalue weighted by atomic mass is 16.7. The smallest absolute Gasteiger partial charge is 0.306 e. The number of unbranched alkanes of at least 4 members (excludes halogenated alkanes) is 23. The van der Waals surface area contributed by atoms with Crippen LogP contribution in [0.1, 0.15) is 232 Å². The fraction of sp³-hybridized carbons (Fsp3) is 0.726. The lowest BCUT2D eigenvalue weighted by Gasteiger charge is -2.26. The molecule has 0 radical (unpaired) electrons. The topological polar surface area (TPSA) is 111 Å². The number of carbonyl (C=O) groups is 3. The van der Waals surface area contributed by atoms with Crippen molar-refractivity contribution in [2.75, 3.05) is 47.5 Å². The van der Waals surface area contributed by atoms with Crippen molar-refractivity contribution in [2.45, 2.75) is 245 Å². The van der Waals surface area contributed by atoms with Crippen LogP contribution in [0.3, 0.4) is 0 Å². The summed E-state index contributed by atoms with van der Waals surface area (Å²) in [6.07, 6.45) is 66.3. The van der Waals surface area contributed by atoms with E-state index in [0.29, 0.717) is 23.9 Å². The van der Waals surface area contributed by atoms with Crippen LogP contribution in [0.5, 0.6) is 0 Å². The minimum absolute atomic E-state index is 0.145. The molecule has 0 aliphatic heterocycles. The maximum atomic E-state index is 12.8. The van der Waals surface area contributed by atoms with Gasteiger partial charge in [-0.2, -0.15) is 0 Å². The molecule has 0 aliphatic carbocycles. The first kappa shape index (κ1) is 67.5. The van der Waals surface area contributed by atoms with Crippen LogP contribution < -0.4 is 5.11 Å². The van der Waals surface area contributed by atoms with Gasteiger partial charge in [0, 0.05) is 12.8 Å². The number of hydrogen-bond acceptors (Lipinski definition) is 8. The van der Waals surface area contributed by atoms with Crippen molar-refractivity contribution in [3.05, 3.63) is 85.1 Å². The Morgan fingerprint density at radius 3 is 1.20 bits per heavy atom. The van der Waals surface area contributed by atoms with Gasteiger partial charge in [-0.3, -0.25) is 9.59 Å². The van der Waals surface area contributed by atoms with Gasteiger partial charge in [0.2, 0.25) is 0 Å². The number of carbonyl (C=O) groups excluding carboxylic acids is 3. The predicted molar refractivity (Wildman–Crippen MR) is 297 cm³/mol. The number of aliphatic carboxylic acids is 1. The highest BCUT2D eigenvalue weighted by Gasteiger charge is 2.22. The number of likely N-dealkylation sites (N-methyl/N-ethyl adjacent to an activating group) is 1. The number of quaternary nitrogens is 1. The van der Waals surface area contributed by atoms with Crippen molar-refractivity contribution in [1.29, 1.82) is 0 Å². The lowest BCUT2D eigenvalue weighted by molar-refractivity contribution is -0.870. The molecule has 2 atom stereocenters. The van der Waals surface area contributed by atoms with Crippen LogP contribution in [-0.2, 0) is 33.3 Å². The summed E-state index contributed by atoms with van der Waals surface area (Å²) in [5.41, 5.74) is 0. The maximum Gasteiger partial charge on any atom is 0.306 e. The van der Waals surface area contributed by atoms with Crippen LogP contribution in [0.15, 0.2) is 85.1 Å². The van der Waals surface area contributed by atoms with E-state index in [1.165, 1.54) is 109 Å². The Kier molecular flexibility index (Phi) is 50.2. The highest BCUT2D eigenvalue weighted by molar-refractivity contribution is 5.70. The molecule has 0 amide bonds. The van der Waals surface area contributed by atoms with Crippen molar-refractivity contribution in [3.63, 3.8) is 0 Å². The second-order valence-electron chi connectivity index (χ2n) is 20.2. The minimum Gasteiger partial charge on any atom is -0.545 e. The number of nitrogens with zero attached hydrogens (tertiary/aromatic N) is 1. The maximum absolute atomic E-state index is 12.8. The van der Waals surface area contributed by atoms with E-state index in [9.17, 15) is 19.5 Å². The molecule has 0 bridgehead atoms. The Balaban J connectivity index is 4.17. The van der Waals surface area contributed by atoms with E-state index in [1.807, 2.05) is 21.1 Å². The van der Waals surface area contributed by atoms with E-state index in [2.05, 4.69) is 98.9 Å². The molecule has 9 heteroatoms. The number of hydrogen-bond donors (Lipinski definition) is 0. The SMILES string of the molecule is CC/C=C\C/C=C\C/C=C\C/C=C\C/C=C\C/C=C\C/C=C\CCCCCCCCCCCCCC(=O)OC(COC(=O)CCCCCCCCCCCCCCC)COC(OCC[N+](C)(C)C)C(=O)[O-]. The van der Waals surface area contributed by atoms with Gasteiger partial charge in [0.15, 0.2) is 12.4 Å². The Labute approximate surface area is 436 Å². The third kappa shape index (κ3) is 54.1. The van der Waals surface area contributed by atoms with Crippen LogP contribution in [0.25, 0.3) is 0 Å². The quantitative estimate of drug-likeness (QED) is 0.0195. The standard InChI is InChI=1S/C62H107NO8/c1-6-8-10-12-14-16-18-20-21-22-23-24-25-26-27-28-29-30-31-32-33-34-35-36-37-38-39-41-43-45-47-49-51-53-60(65)71-58(57-70-62(61(66)67)68-55-54-63(3,4)5)56-69-59(64)52-50-48-46-44-42-40-19-17-15-13-11-9-7-2/h8,10,14,16,20-21,23-24,26-27,29-30,32-33,58,62H,6-7,9,11-13,15,17-19,22,25,28,31,34-57H2,1-5H3/b10-8-,16-14-,21-20-,24-23-,27-26-,30-29-,33-32-. The summed E-state index contributed by atoms with van der Waals surface area (Å²) >= 11 is 0. The van der Waals surface area contributed by atoms with Crippen molar-refractivity contribution < 1.29 is 42.9 Å². The van der Waals surface area contributed by atoms with Gasteiger partial charge in [-0.25, -0.2) is 0 Å². The van der Waals surface area contributed by atoms with Crippen LogP contribution in [-0.4, -0.2) is 82.3 Å². The van der Waals surface area contributed by atoms with E-state index in [4.69, 9.17) is 18.9 Å². The minimum atomic E-state index is -1.62. The second kappa shape index (κ2) is 52.8. The third-order valence-corrected chi connectivity index (χ3v) is 12.2. The summed E-state index contributed by atoms with van der Waals surface area (Å²) in [7, 11) is 5.92. The first-order valence-corrected chi connectivity index (χ1v) is 28.7. The molecule has 0 rings (SSSR count). The highest BCUT2D eigenvalue weighted by Crippen LogP contribution is 2.16. The molecule has 9 nitrogen and oxygen atoms in total. The Morgan fingerprint density at radius 2 is 0.803 bits per heavy atom. The average Bonchev–Trinajstić information content (AvgIpc) is 3.34. The van der Waals surface area contributed by atoms with Gasteiger partial charge in [-0.1, -0.05) is 234 Å². The lowest BCUT2D eigenvalue weighted by Crippen LogP contribution is -2.44. The summed E-state index contributed by atoms with van der Waals surface area (Å²) in [4.78, 5) is 37.2. The third-order valence-electron chi connectivity index (χ3n) is 12.2. The molecule has 0 heterocycles. The van der Waals surface area contributed by atoms with Gasteiger partial charge < -0.3 is 33.3 Å². The van der Waals surface area contributed by atoms with Crippen molar-refractivity contribution in [3.8, 4) is 0 Å². The summed E-state index contributed by atoms with van der Waals surface area (Å²) < 4.78 is 22.7. The number of carboxylic acid groups (broad SMARTS) is 1. The first-order chi connectivity index (χ1) is 34.6. The molecule has 0 aromatic carbocycles. The van der Waals surface area contributed by atoms with Gasteiger partial charge in [0.05, 0.1) is 40.3 Å². The number of carboxylic acids is 1. The van der Waals surface area contributed by atoms with Crippen LogP contribution >= 0.6 is 0 Å². The second-order valence-corrected chi connectivity index (χ2v) is 20.2. The van der Waals surface area contributed by atoms with E-state index in [0.717, 1.165) is 89.9 Å².